The molecule has 0 spiro atoms. The van der Waals surface area contributed by atoms with E-state index in [0.717, 1.165) is 29.2 Å². The number of ether oxygens (including phenoxy) is 1. The van der Waals surface area contributed by atoms with Crippen LogP contribution >= 0.6 is 22.9 Å². The molecule has 0 unspecified atom stereocenters. The van der Waals surface area contributed by atoms with E-state index in [9.17, 15) is 30.8 Å². The van der Waals surface area contributed by atoms with Crippen molar-refractivity contribution >= 4 is 60.3 Å². The summed E-state index contributed by atoms with van der Waals surface area (Å²) in [7, 11) is -3.47. The van der Waals surface area contributed by atoms with Crippen molar-refractivity contribution < 1.29 is 35.5 Å². The van der Waals surface area contributed by atoms with Gasteiger partial charge in [-0.15, -0.1) is 24.5 Å². The van der Waals surface area contributed by atoms with Crippen LogP contribution < -0.4 is 14.8 Å². The Morgan fingerprint density at radius 3 is 2.36 bits per heavy atom. The molecule has 0 saturated heterocycles. The molecule has 1 amide bonds. The first kappa shape index (κ1) is 28.7. The Bertz CT molecular complexity index is 1690. The van der Waals surface area contributed by atoms with E-state index in [4.69, 9.17) is 11.6 Å². The van der Waals surface area contributed by atoms with Crippen LogP contribution in [0.3, 0.4) is 0 Å². The molecule has 4 rings (SSSR count). The summed E-state index contributed by atoms with van der Waals surface area (Å²) in [6.07, 6.45) is -3.91. The predicted molar refractivity (Wildman–Crippen MR) is 145 cm³/mol. The monoisotopic (exact) mass is 600 g/mol. The average Bonchev–Trinajstić information content (AvgIpc) is 3.21. The lowest BCUT2D eigenvalue weighted by Crippen LogP contribution is -2.22. The zero-order valence-electron chi connectivity index (χ0n) is 20.6. The summed E-state index contributed by atoms with van der Waals surface area (Å²) >= 11 is 7.49. The van der Waals surface area contributed by atoms with Crippen molar-refractivity contribution in [3.63, 3.8) is 0 Å². The normalized spacial score (nSPS) is 12.4. The van der Waals surface area contributed by atoms with Crippen molar-refractivity contribution in [2.75, 3.05) is 16.3 Å². The van der Waals surface area contributed by atoms with E-state index in [1.807, 2.05) is 0 Å². The topological polar surface area (TPSA) is 84.5 Å². The Morgan fingerprint density at radius 2 is 1.69 bits per heavy atom. The van der Waals surface area contributed by atoms with E-state index in [2.05, 4.69) is 14.8 Å². The molecule has 0 saturated carbocycles. The molecule has 0 aliphatic heterocycles. The molecule has 1 heterocycles. The van der Waals surface area contributed by atoms with Gasteiger partial charge in [-0.3, -0.25) is 9.52 Å². The number of carbonyl (C=O) groups excluding carboxylic acids is 1. The number of anilines is 2. The van der Waals surface area contributed by atoms with Crippen LogP contribution in [0.4, 0.5) is 28.9 Å². The molecular weight excluding hydrogens is 580 g/mol. The third-order valence-corrected chi connectivity index (χ3v) is 7.70. The zero-order valence-corrected chi connectivity index (χ0v) is 23.0. The Balaban J connectivity index is 1.62. The third-order valence-electron chi connectivity index (χ3n) is 5.77. The van der Waals surface area contributed by atoms with E-state index >= 15 is 0 Å². The summed E-state index contributed by atoms with van der Waals surface area (Å²) in [4.78, 5) is 13.4. The van der Waals surface area contributed by atoms with Gasteiger partial charge in [0.25, 0.3) is 5.91 Å². The van der Waals surface area contributed by atoms with Gasteiger partial charge in [0, 0.05) is 32.1 Å². The van der Waals surface area contributed by atoms with E-state index in [0.29, 0.717) is 21.5 Å². The Kier molecular flexibility index (Phi) is 7.58. The lowest BCUT2D eigenvalue weighted by molar-refractivity contribution is -0.274. The number of hydrogen-bond donors (Lipinski definition) is 2. The van der Waals surface area contributed by atoms with E-state index in [1.165, 1.54) is 23.5 Å². The number of fused-ring (bicyclic) bond motifs is 1. The minimum atomic E-state index is -4.94. The van der Waals surface area contributed by atoms with Gasteiger partial charge in [-0.1, -0.05) is 25.4 Å². The summed E-state index contributed by atoms with van der Waals surface area (Å²) in [5, 5.41) is 3.61. The second-order valence-corrected chi connectivity index (χ2v) is 12.5. The molecule has 4 aromatic rings. The van der Waals surface area contributed by atoms with Crippen LogP contribution in [0.1, 0.15) is 34.6 Å². The van der Waals surface area contributed by atoms with Crippen LogP contribution in [0.5, 0.6) is 5.75 Å². The van der Waals surface area contributed by atoms with Crippen LogP contribution in [-0.2, 0) is 15.4 Å². The van der Waals surface area contributed by atoms with Crippen LogP contribution in [-0.4, -0.2) is 26.9 Å². The minimum absolute atomic E-state index is 0.0631. The molecule has 13 heteroatoms. The molecule has 0 aliphatic rings. The fourth-order valence-electron chi connectivity index (χ4n) is 3.98. The van der Waals surface area contributed by atoms with Crippen molar-refractivity contribution in [3.05, 3.63) is 87.5 Å². The van der Waals surface area contributed by atoms with Gasteiger partial charge in [-0.05, 0) is 71.6 Å². The highest BCUT2D eigenvalue weighted by molar-refractivity contribution is 7.92. The van der Waals surface area contributed by atoms with Crippen LogP contribution in [0.25, 0.3) is 10.1 Å². The second kappa shape index (κ2) is 10.3. The van der Waals surface area contributed by atoms with Gasteiger partial charge < -0.3 is 10.1 Å². The largest absolute Gasteiger partial charge is 0.573 e. The summed E-state index contributed by atoms with van der Waals surface area (Å²) in [6.45, 7) is 3.21. The zero-order chi connectivity index (χ0) is 28.8. The molecule has 2 N–H and O–H groups in total. The summed E-state index contributed by atoms with van der Waals surface area (Å²) in [6, 6.07) is 13.8. The first-order valence-electron chi connectivity index (χ1n) is 11.2. The molecule has 206 valence electrons. The fraction of sp³-hybridized carbons (Fsp3) is 0.192. The predicted octanol–water partition coefficient (Wildman–Crippen LogP) is 7.54. The number of amides is 1. The number of alkyl halides is 3. The number of rotatable bonds is 7. The van der Waals surface area contributed by atoms with E-state index in [1.54, 1.807) is 44.2 Å². The molecule has 0 atom stereocenters. The van der Waals surface area contributed by atoms with Gasteiger partial charge in [0.2, 0.25) is 10.0 Å². The Hall–Kier alpha value is -3.35. The summed E-state index contributed by atoms with van der Waals surface area (Å²) < 4.78 is 83.0. The molecule has 3 aromatic carbocycles. The maximum absolute atomic E-state index is 14.8. The maximum atomic E-state index is 14.8. The summed E-state index contributed by atoms with van der Waals surface area (Å²) in [5.74, 6) is -1.77. The van der Waals surface area contributed by atoms with Gasteiger partial charge in [-0.25, -0.2) is 12.8 Å². The molecule has 0 bridgehead atoms. The smallest absolute Gasteiger partial charge is 0.406 e. The molecular formula is C26H21ClF4N2O4S2. The van der Waals surface area contributed by atoms with Crippen molar-refractivity contribution in [2.45, 2.75) is 25.6 Å². The van der Waals surface area contributed by atoms with Crippen molar-refractivity contribution in [2.24, 2.45) is 0 Å². The third kappa shape index (κ3) is 7.00. The van der Waals surface area contributed by atoms with Gasteiger partial charge in [0.1, 0.15) is 11.6 Å². The lowest BCUT2D eigenvalue weighted by Gasteiger charge is -2.28. The molecule has 0 radical (unpaired) electrons. The van der Waals surface area contributed by atoms with Crippen LogP contribution in [0.2, 0.25) is 5.02 Å². The van der Waals surface area contributed by atoms with Crippen LogP contribution in [0, 0.1) is 5.82 Å². The lowest BCUT2D eigenvalue weighted by atomic mass is 9.77. The number of carbonyl (C=O) groups is 1. The molecule has 1 aromatic heterocycles. The van der Waals surface area contributed by atoms with Gasteiger partial charge in [0.15, 0.2) is 0 Å². The maximum Gasteiger partial charge on any atom is 0.573 e. The van der Waals surface area contributed by atoms with Gasteiger partial charge >= 0.3 is 6.36 Å². The fourth-order valence-corrected chi connectivity index (χ4v) is 5.71. The standard InChI is InChI=1S/C26H21ClF4N2O4S2/c1-25(2,20-13-19(5-6-21(20)28)37-26(29,30)31)15-10-16(27)12-18(11-15)32-24(34)23-9-14-8-17(33-39(3,35)36)4-7-22(14)38-23/h4-13,33H,1-3H3,(H,32,34). The molecule has 6 nitrogen and oxygen atoms in total. The molecule has 0 fully saturated rings. The number of hydrogen-bond acceptors (Lipinski definition) is 5. The van der Waals surface area contributed by atoms with E-state index in [-0.39, 0.29) is 16.3 Å². The molecule has 39 heavy (non-hydrogen) atoms. The van der Waals surface area contributed by atoms with Crippen molar-refractivity contribution in [3.8, 4) is 5.75 Å². The number of sulfonamides is 1. The number of benzene rings is 3. The Labute approximate surface area is 230 Å². The van der Waals surface area contributed by atoms with Crippen LogP contribution in [0.15, 0.2) is 60.7 Å². The van der Waals surface area contributed by atoms with Crippen molar-refractivity contribution in [1.29, 1.82) is 0 Å². The highest BCUT2D eigenvalue weighted by Gasteiger charge is 2.33. The highest BCUT2D eigenvalue weighted by atomic mass is 35.5. The van der Waals surface area contributed by atoms with E-state index < -0.39 is 39.3 Å². The second-order valence-electron chi connectivity index (χ2n) is 9.23. The minimum Gasteiger partial charge on any atom is -0.406 e. The SMILES string of the molecule is CC(C)(c1cc(Cl)cc(NC(=O)c2cc3cc(NS(C)(=O)=O)ccc3s2)c1)c1cc(OC(F)(F)F)ccc1F. The van der Waals surface area contributed by atoms with Gasteiger partial charge in [0.05, 0.1) is 11.1 Å². The highest BCUT2D eigenvalue weighted by Crippen LogP contribution is 2.38. The summed E-state index contributed by atoms with van der Waals surface area (Å²) in [5.41, 5.74) is -0.156. The number of thiophene rings is 1. The first-order valence-corrected chi connectivity index (χ1v) is 14.3. The quantitative estimate of drug-likeness (QED) is 0.215. The number of halogens is 5. The van der Waals surface area contributed by atoms with Gasteiger partial charge in [-0.2, -0.15) is 0 Å². The number of nitrogens with one attached hydrogen (secondary N) is 2. The first-order chi connectivity index (χ1) is 18.0. The van der Waals surface area contributed by atoms with Crippen molar-refractivity contribution in [1.82, 2.24) is 0 Å². The Morgan fingerprint density at radius 1 is 0.974 bits per heavy atom. The average molecular weight is 601 g/mol. The molecule has 0 aliphatic carbocycles.